The number of fused-ring (bicyclic) bond motifs is 1. The van der Waals surface area contributed by atoms with Crippen molar-refractivity contribution >= 4 is 37.5 Å². The molecule has 1 aliphatic carbocycles. The fourth-order valence-corrected chi connectivity index (χ4v) is 10.9. The van der Waals surface area contributed by atoms with E-state index in [1.54, 1.807) is 25.0 Å². The highest BCUT2D eigenvalue weighted by Crippen LogP contribution is 2.29. The van der Waals surface area contributed by atoms with Gasteiger partial charge in [-0.05, 0) is 105 Å². The Hall–Kier alpha value is -1.73. The fourth-order valence-electron chi connectivity index (χ4n) is 7.39. The summed E-state index contributed by atoms with van der Waals surface area (Å²) in [6, 6.07) is 12.8. The van der Waals surface area contributed by atoms with Gasteiger partial charge in [-0.3, -0.25) is 0 Å². The molecule has 9 nitrogen and oxygen atoms in total. The molecule has 2 aromatic rings. The number of hydrogen-bond donors (Lipinski definition) is 0. The molecule has 0 bridgehead atoms. The van der Waals surface area contributed by atoms with Gasteiger partial charge < -0.3 is 9.80 Å². The monoisotopic (exact) mass is 707 g/mol. The zero-order chi connectivity index (χ0) is 33.6. The van der Waals surface area contributed by atoms with Crippen molar-refractivity contribution in [1.29, 1.82) is 0 Å². The molecule has 2 heterocycles. The van der Waals surface area contributed by atoms with Gasteiger partial charge in [-0.25, -0.2) is 8.42 Å². The summed E-state index contributed by atoms with van der Waals surface area (Å²) in [5, 5.41) is 0.667. The number of anilines is 1. The molecule has 47 heavy (non-hydrogen) atoms. The summed E-state index contributed by atoms with van der Waals surface area (Å²) in [7, 11) is -3.71. The van der Waals surface area contributed by atoms with E-state index in [4.69, 9.17) is 11.6 Å². The van der Waals surface area contributed by atoms with Crippen LogP contribution in [0.4, 0.5) is 5.69 Å². The molecule has 0 radical (unpaired) electrons. The van der Waals surface area contributed by atoms with E-state index in [1.807, 2.05) is 56.3 Å². The summed E-state index contributed by atoms with van der Waals surface area (Å²) in [6.07, 6.45) is 9.11. The minimum Gasteiger partial charge on any atom is -0.378 e. The Bertz CT molecular complexity index is 1530. The number of sulfonamides is 1. The van der Waals surface area contributed by atoms with Gasteiger partial charge in [-0.15, -0.1) is 0 Å². The molecular weight excluding hydrogens is 654 g/mol. The normalized spacial score (nSPS) is 22.7. The third kappa shape index (κ3) is 9.29. The summed E-state index contributed by atoms with van der Waals surface area (Å²) >= 11 is 6.23. The maximum atomic E-state index is 14.4. The minimum atomic E-state index is -3.79. The average Bonchev–Trinajstić information content (AvgIpc) is 3.05. The van der Waals surface area contributed by atoms with Crippen LogP contribution in [0, 0.1) is 11.8 Å². The maximum Gasteiger partial charge on any atom is 0.282 e. The second-order valence-electron chi connectivity index (χ2n) is 13.9. The molecule has 1 saturated carbocycles. The highest BCUT2D eigenvalue weighted by Gasteiger charge is 2.35. The van der Waals surface area contributed by atoms with Gasteiger partial charge in [-0.1, -0.05) is 50.3 Å². The Morgan fingerprint density at radius 2 is 1.40 bits per heavy atom. The lowest BCUT2D eigenvalue weighted by molar-refractivity contribution is 0.177. The van der Waals surface area contributed by atoms with Crippen LogP contribution in [0.5, 0.6) is 0 Å². The van der Waals surface area contributed by atoms with Gasteiger partial charge in [0.05, 0.1) is 4.90 Å². The Morgan fingerprint density at radius 1 is 0.745 bits per heavy atom. The van der Waals surface area contributed by atoms with Crippen molar-refractivity contribution in [1.82, 2.24) is 17.8 Å². The number of rotatable bonds is 8. The molecule has 1 atom stereocenters. The van der Waals surface area contributed by atoms with Crippen LogP contribution in [0.2, 0.25) is 5.02 Å². The molecule has 2 aliphatic heterocycles. The van der Waals surface area contributed by atoms with Gasteiger partial charge in [0, 0.05) is 70.6 Å². The Labute approximate surface area is 289 Å². The standard InChI is InChI=1S/C35H54ClN5O4S2/c1-4-29-26-39(46(42,43)35-16-14-34(15-17-35)37(2)3)21-8-19-38(25-30-10-6-5-7-11-30)20-9-22-40(27-29)47(44,45)41-23-18-31-24-33(36)13-12-32(31)28-41/h12-17,24,29-30H,4-11,18-23,25-28H2,1-3H3/t29-/m0/s1. The molecule has 2 aromatic carbocycles. The molecule has 12 heteroatoms. The van der Waals surface area contributed by atoms with E-state index < -0.39 is 20.2 Å². The van der Waals surface area contributed by atoms with E-state index in [-0.39, 0.29) is 23.9 Å². The van der Waals surface area contributed by atoms with E-state index in [9.17, 15) is 16.8 Å². The maximum absolute atomic E-state index is 14.4. The molecule has 0 spiro atoms. The molecule has 0 unspecified atom stereocenters. The third-order valence-corrected chi connectivity index (χ3v) is 14.4. The topological polar surface area (TPSA) is 84.5 Å². The van der Waals surface area contributed by atoms with Crippen molar-refractivity contribution in [3.05, 3.63) is 58.6 Å². The van der Waals surface area contributed by atoms with E-state index in [1.165, 1.54) is 32.1 Å². The molecule has 0 N–H and O–H groups in total. The number of halogens is 1. The van der Waals surface area contributed by atoms with E-state index >= 15 is 0 Å². The third-order valence-electron chi connectivity index (χ3n) is 10.3. The van der Waals surface area contributed by atoms with Crippen LogP contribution in [0.1, 0.15) is 69.4 Å². The van der Waals surface area contributed by atoms with Crippen LogP contribution in [0.3, 0.4) is 0 Å². The summed E-state index contributed by atoms with van der Waals surface area (Å²) in [4.78, 5) is 4.70. The lowest BCUT2D eigenvalue weighted by Gasteiger charge is -2.37. The van der Waals surface area contributed by atoms with Crippen LogP contribution in [-0.4, -0.2) is 101 Å². The summed E-state index contributed by atoms with van der Waals surface area (Å²) in [5.74, 6) is 0.507. The van der Waals surface area contributed by atoms with E-state index in [2.05, 4.69) is 4.90 Å². The van der Waals surface area contributed by atoms with Crippen LogP contribution in [-0.2, 0) is 33.2 Å². The summed E-state index contributed by atoms with van der Waals surface area (Å²) in [5.41, 5.74) is 3.02. The minimum absolute atomic E-state index is 0.144. The molecule has 1 saturated heterocycles. The second-order valence-corrected chi connectivity index (χ2v) is 18.2. The van der Waals surface area contributed by atoms with Gasteiger partial charge in [0.15, 0.2) is 0 Å². The number of nitrogens with zero attached hydrogens (tertiary/aromatic N) is 5. The number of hydrogen-bond acceptors (Lipinski definition) is 6. The van der Waals surface area contributed by atoms with Crippen LogP contribution in [0.15, 0.2) is 47.4 Å². The zero-order valence-corrected chi connectivity index (χ0v) is 30.9. The first-order valence-electron chi connectivity index (χ1n) is 17.5. The Kier molecular flexibility index (Phi) is 12.7. The van der Waals surface area contributed by atoms with E-state index in [0.717, 1.165) is 49.3 Å². The smallest absolute Gasteiger partial charge is 0.282 e. The Balaban J connectivity index is 1.41. The first-order valence-corrected chi connectivity index (χ1v) is 20.7. The molecule has 0 aromatic heterocycles. The largest absolute Gasteiger partial charge is 0.378 e. The van der Waals surface area contributed by atoms with Crippen molar-refractivity contribution in [2.45, 2.75) is 76.2 Å². The molecule has 0 amide bonds. The summed E-state index contributed by atoms with van der Waals surface area (Å²) in [6.45, 7) is 6.76. The summed E-state index contributed by atoms with van der Waals surface area (Å²) < 4.78 is 61.9. The van der Waals surface area contributed by atoms with Crippen molar-refractivity contribution in [3.8, 4) is 0 Å². The van der Waals surface area contributed by atoms with Gasteiger partial charge in [0.25, 0.3) is 10.2 Å². The molecule has 3 aliphatic rings. The molecular formula is C35H54ClN5O4S2. The van der Waals surface area contributed by atoms with Gasteiger partial charge in [0.1, 0.15) is 0 Å². The average molecular weight is 708 g/mol. The van der Waals surface area contributed by atoms with Crippen molar-refractivity contribution in [2.24, 2.45) is 11.8 Å². The SMILES string of the molecule is CC[C@H]1CN(S(=O)(=O)c2ccc(N(C)C)cc2)CCCN(CC2CCCCC2)CCCN(S(=O)(=O)N2CCc3cc(Cl)ccc3C2)C1. The van der Waals surface area contributed by atoms with Crippen molar-refractivity contribution < 1.29 is 16.8 Å². The first kappa shape index (κ1) is 36.5. The van der Waals surface area contributed by atoms with Gasteiger partial charge in [0.2, 0.25) is 10.0 Å². The van der Waals surface area contributed by atoms with Crippen molar-refractivity contribution in [2.75, 3.05) is 71.4 Å². The molecule has 5 rings (SSSR count). The lowest BCUT2D eigenvalue weighted by Crippen LogP contribution is -2.50. The van der Waals surface area contributed by atoms with Crippen LogP contribution < -0.4 is 4.90 Å². The van der Waals surface area contributed by atoms with Gasteiger partial charge >= 0.3 is 0 Å². The lowest BCUT2D eigenvalue weighted by atomic mass is 9.89. The predicted octanol–water partition coefficient (Wildman–Crippen LogP) is 5.70. The highest BCUT2D eigenvalue weighted by atomic mass is 35.5. The van der Waals surface area contributed by atoms with E-state index in [0.29, 0.717) is 50.0 Å². The fraction of sp³-hybridized carbons (Fsp3) is 0.657. The van der Waals surface area contributed by atoms with Crippen LogP contribution >= 0.6 is 11.6 Å². The molecule has 2 fully saturated rings. The quantitative estimate of drug-likeness (QED) is 0.350. The highest BCUT2D eigenvalue weighted by molar-refractivity contribution is 7.89. The Morgan fingerprint density at radius 3 is 2.06 bits per heavy atom. The number of benzene rings is 2. The molecule has 262 valence electrons. The second kappa shape index (κ2) is 16.3. The van der Waals surface area contributed by atoms with Crippen molar-refractivity contribution in [3.63, 3.8) is 0 Å². The van der Waals surface area contributed by atoms with Gasteiger partial charge in [-0.2, -0.15) is 21.3 Å². The predicted molar refractivity (Wildman–Crippen MR) is 192 cm³/mol. The zero-order valence-electron chi connectivity index (χ0n) is 28.5. The first-order chi connectivity index (χ1) is 22.5. The van der Waals surface area contributed by atoms with Crippen LogP contribution in [0.25, 0.3) is 0 Å².